The number of hydrogen-bond acceptors (Lipinski definition) is 0. The Balaban J connectivity index is -0.00000000500. The van der Waals surface area contributed by atoms with Gasteiger partial charge >= 0.3 is 0 Å². The Labute approximate surface area is 23.7 Å². The third-order valence-corrected chi connectivity index (χ3v) is 0. The molecule has 28 valence electrons. The summed E-state index contributed by atoms with van der Waals surface area (Å²) in [6.07, 6.45) is 0. The van der Waals surface area contributed by atoms with E-state index in [1.54, 1.807) is 0 Å². The van der Waals surface area contributed by atoms with Gasteiger partial charge in [-0.25, -0.2) is 5.11 Å². The molecule has 0 rings (SSSR count). The predicted octanol–water partition coefficient (Wildman–Crippen LogP) is 0.0224. The van der Waals surface area contributed by atoms with Crippen molar-refractivity contribution in [2.45, 2.75) is 0 Å². The summed E-state index contributed by atoms with van der Waals surface area (Å²) in [6.45, 7) is 0. The van der Waals surface area contributed by atoms with Crippen molar-refractivity contribution in [3.63, 3.8) is 0 Å². The summed E-state index contributed by atoms with van der Waals surface area (Å²) >= 11 is 0. The maximum Gasteiger partial charge on any atom is 0.0712 e. The molecule has 0 spiro atoms. The van der Waals surface area contributed by atoms with E-state index in [0.717, 1.165) is 7.11 Å². The average molecular weight is 68.0 g/mol. The van der Waals surface area contributed by atoms with Crippen molar-refractivity contribution in [2.24, 2.45) is 0 Å². The van der Waals surface area contributed by atoms with E-state index < -0.39 is 0 Å². The van der Waals surface area contributed by atoms with Crippen molar-refractivity contribution in [1.82, 2.24) is 0 Å². The van der Waals surface area contributed by atoms with Crippen molar-refractivity contribution >= 4 is 0 Å². The Morgan fingerprint density at radius 3 is 1.25 bits per heavy atom. The molecule has 0 aromatic rings. The molecular formula is CH5FO2. The van der Waals surface area contributed by atoms with Crippen LogP contribution in [0.1, 0.15) is 0 Å². The Kier molecular flexibility index (Phi) is 4690. The predicted molar refractivity (Wildman–Crippen MR) is 11.0 cm³/mol. The van der Waals surface area contributed by atoms with Gasteiger partial charge in [0.05, 0.1) is 7.11 Å². The summed E-state index contributed by atoms with van der Waals surface area (Å²) in [4.78, 5) is 0. The average Bonchev–Trinajstić information content (AvgIpc) is 1.00. The molecule has 0 saturated carbocycles. The maximum absolute atomic E-state index is 8.25. The van der Waals surface area contributed by atoms with E-state index in [1.165, 1.54) is 0 Å². The van der Waals surface area contributed by atoms with Gasteiger partial charge in [0.25, 0.3) is 0 Å². The van der Waals surface area contributed by atoms with Crippen molar-refractivity contribution in [1.29, 1.82) is 0 Å². The van der Waals surface area contributed by atoms with Gasteiger partial charge in [0.1, 0.15) is 0 Å². The molecule has 0 amide bonds. The number of hydrogen-bond donors (Lipinski definition) is 1. The number of halogens is 1. The van der Waals surface area contributed by atoms with Crippen LogP contribution in [0.25, 0.3) is 0 Å². The summed E-state index contributed by atoms with van der Waals surface area (Å²) in [5.41, 5.74) is 0. The number of rotatable bonds is 0. The Hall–Kier alpha value is -0.150. The van der Waals surface area contributed by atoms with Crippen LogP contribution < -0.4 is 0 Å². The van der Waals surface area contributed by atoms with Crippen LogP contribution >= 0.6 is 0 Å². The molecule has 0 aliphatic rings. The zero-order valence-electron chi connectivity index (χ0n) is 2.26. The van der Waals surface area contributed by atoms with E-state index in [4.69, 9.17) is 5.11 Å². The van der Waals surface area contributed by atoms with Crippen LogP contribution in [0, 0.1) is 0 Å². The highest BCUT2D eigenvalue weighted by Gasteiger charge is 0.927. The molecule has 0 saturated heterocycles. The summed E-state index contributed by atoms with van der Waals surface area (Å²) in [5.74, 6) is 0. The van der Waals surface area contributed by atoms with Gasteiger partial charge in [0, 0.05) is 0 Å². The molecule has 3 heteroatoms. The second-order valence-corrected chi connectivity index (χ2v) is 0. The van der Waals surface area contributed by atoms with Crippen molar-refractivity contribution in [3.05, 3.63) is 0 Å². The minimum atomic E-state index is 0. The smallest absolute Gasteiger partial charge is 0.0712 e. The monoisotopic (exact) mass is 68.0 g/mol. The lowest BCUT2D eigenvalue weighted by molar-refractivity contribution is 0.282. The van der Waals surface area contributed by atoms with E-state index in [9.17, 15) is 0 Å². The molecule has 1 N–H and O–H groups in total. The molecule has 0 bridgehead atoms. The molecule has 2 radical (unpaired) electrons. The quantitative estimate of drug-likeness (QED) is 0.416. The molecule has 0 unspecified atom stereocenters. The maximum atomic E-state index is 8.25. The fourth-order valence-electron chi connectivity index (χ4n) is 0. The molecular weight excluding hydrogens is 63.0 g/mol. The first-order valence-electron chi connectivity index (χ1n) is 0.408. The Morgan fingerprint density at radius 2 is 1.25 bits per heavy atom. The van der Waals surface area contributed by atoms with Crippen molar-refractivity contribution < 1.29 is 15.3 Å². The van der Waals surface area contributed by atoms with E-state index in [1.807, 2.05) is 0 Å². The van der Waals surface area contributed by atoms with Gasteiger partial charge in [-0.1, -0.05) is 0 Å². The van der Waals surface area contributed by atoms with E-state index in [0.29, 0.717) is 0 Å². The minimum Gasteiger partial charge on any atom is -0.269 e. The van der Waals surface area contributed by atoms with Crippen LogP contribution in [0.3, 0.4) is 0 Å². The summed E-state index contributed by atoms with van der Waals surface area (Å²) in [5, 5.41) is 8.25. The third kappa shape index (κ3) is 59.4. The van der Waals surface area contributed by atoms with E-state index >= 15 is 0 Å². The summed E-state index contributed by atoms with van der Waals surface area (Å²) in [7, 11) is 0.750. The lowest BCUT2D eigenvalue weighted by atomic mass is 11.8. The molecule has 0 fully saturated rings. The Morgan fingerprint density at radius 1 is 1.25 bits per heavy atom. The molecule has 0 aliphatic heterocycles. The van der Waals surface area contributed by atoms with Crippen LogP contribution in [-0.2, 0) is 5.11 Å². The van der Waals surface area contributed by atoms with E-state index in [-0.39, 0.29) is 10.2 Å². The lowest BCUT2D eigenvalue weighted by Gasteiger charge is -1.10. The van der Waals surface area contributed by atoms with Gasteiger partial charge in [-0.3, -0.25) is 10.2 Å². The fraction of sp³-hybridized carbons (Fsp3) is 1.00. The SMILES string of the molecule is C[O].F.[OH]. The first kappa shape index (κ1) is 43.3. The first-order valence-corrected chi connectivity index (χ1v) is 0.408. The molecule has 2 nitrogen and oxygen atoms in total. The van der Waals surface area contributed by atoms with Crippen LogP contribution in [0.4, 0.5) is 4.70 Å². The second-order valence-electron chi connectivity index (χ2n) is 0. The van der Waals surface area contributed by atoms with Gasteiger partial charge in [-0.2, -0.15) is 0 Å². The largest absolute Gasteiger partial charge is 0.269 e. The fourth-order valence-corrected chi connectivity index (χ4v) is 0. The second kappa shape index (κ2) is 434. The van der Waals surface area contributed by atoms with Gasteiger partial charge in [-0.05, 0) is 0 Å². The molecule has 0 aromatic heterocycles. The standard InChI is InChI=1S/CH3O.FH.HO/c1-2;;/h1H3;2*1H. The van der Waals surface area contributed by atoms with Crippen molar-refractivity contribution in [3.8, 4) is 0 Å². The molecule has 0 aliphatic carbocycles. The Bertz CT molecular complexity index is 6.00. The highest BCUT2D eigenvalue weighted by molar-refractivity contribution is 3.16. The van der Waals surface area contributed by atoms with Gasteiger partial charge in [0.15, 0.2) is 0 Å². The highest BCUT2D eigenvalue weighted by atomic mass is 19.0. The molecule has 0 aromatic carbocycles. The van der Waals surface area contributed by atoms with Crippen LogP contribution in [-0.4, -0.2) is 12.6 Å². The molecule has 4 heavy (non-hydrogen) atoms. The van der Waals surface area contributed by atoms with Gasteiger partial charge < -0.3 is 0 Å². The summed E-state index contributed by atoms with van der Waals surface area (Å²) in [6, 6.07) is 0. The molecule has 0 atom stereocenters. The van der Waals surface area contributed by atoms with Crippen molar-refractivity contribution in [2.75, 3.05) is 7.11 Å². The van der Waals surface area contributed by atoms with Crippen LogP contribution in [0.5, 0.6) is 0 Å². The van der Waals surface area contributed by atoms with Gasteiger partial charge in [0.2, 0.25) is 0 Å². The first-order chi connectivity index (χ1) is 1.00. The van der Waals surface area contributed by atoms with Crippen LogP contribution in [0.2, 0.25) is 0 Å². The van der Waals surface area contributed by atoms with Crippen LogP contribution in [0.15, 0.2) is 0 Å². The van der Waals surface area contributed by atoms with Gasteiger partial charge in [-0.15, -0.1) is 0 Å². The van der Waals surface area contributed by atoms with E-state index in [2.05, 4.69) is 0 Å². The summed E-state index contributed by atoms with van der Waals surface area (Å²) < 4.78 is 0. The topological polar surface area (TPSA) is 49.9 Å². The zero-order chi connectivity index (χ0) is 2.00. The molecule has 0 heterocycles. The lowest BCUT2D eigenvalue weighted by Crippen LogP contribution is -1.16. The highest BCUT2D eigenvalue weighted by Crippen LogP contribution is 0.840. The normalized spacial score (nSPS) is 1.50. The third-order valence-electron chi connectivity index (χ3n) is 0. The zero-order valence-corrected chi connectivity index (χ0v) is 2.26. The minimum absolute atomic E-state index is 0.